The molecule has 1 heterocycles. The number of aliphatic hydroxyl groups is 1. The number of methoxy groups -OCH3 is 2. The Labute approximate surface area is 121 Å². The summed E-state index contributed by atoms with van der Waals surface area (Å²) in [5, 5.41) is 10.4. The Bertz CT molecular complexity index is 414. The number of hydrogen-bond donors (Lipinski definition) is 1. The van der Waals surface area contributed by atoms with Crippen LogP contribution in [0.4, 0.5) is 0 Å². The first-order valence-corrected chi connectivity index (χ1v) is 7.37. The predicted molar refractivity (Wildman–Crippen MR) is 79.4 cm³/mol. The van der Waals surface area contributed by atoms with Crippen LogP contribution in [0.15, 0.2) is 18.2 Å². The van der Waals surface area contributed by atoms with Crippen LogP contribution in [0, 0.1) is 0 Å². The highest BCUT2D eigenvalue weighted by atomic mass is 16.5. The normalized spacial score (nSPS) is 18.4. The van der Waals surface area contributed by atoms with E-state index >= 15 is 0 Å². The van der Waals surface area contributed by atoms with Gasteiger partial charge in [-0.3, -0.25) is 0 Å². The van der Waals surface area contributed by atoms with Gasteiger partial charge >= 0.3 is 0 Å². The van der Waals surface area contributed by atoms with Crippen LogP contribution in [0.25, 0.3) is 0 Å². The molecule has 0 radical (unpaired) electrons. The average molecular weight is 279 g/mol. The number of hydrogen-bond acceptors (Lipinski definition) is 4. The second-order valence-electron chi connectivity index (χ2n) is 5.35. The average Bonchev–Trinajstić information content (AvgIpc) is 2.75. The Hall–Kier alpha value is -1.26. The molecule has 0 spiro atoms. The lowest BCUT2D eigenvalue weighted by Crippen LogP contribution is -2.29. The number of benzene rings is 1. The van der Waals surface area contributed by atoms with E-state index in [1.54, 1.807) is 14.2 Å². The molecule has 0 aromatic heterocycles. The van der Waals surface area contributed by atoms with Gasteiger partial charge in [0.25, 0.3) is 0 Å². The zero-order valence-electron chi connectivity index (χ0n) is 12.5. The summed E-state index contributed by atoms with van der Waals surface area (Å²) in [5.74, 6) is 1.36. The molecule has 0 aliphatic carbocycles. The standard InChI is InChI=1S/C16H25NO3/c1-19-15-8-7-13(11-16(15)20-2)14(18)12-17-9-5-3-4-6-10-17/h7-8,11,14,18H,3-6,9-10,12H2,1-2H3. The van der Waals surface area contributed by atoms with Gasteiger partial charge in [-0.05, 0) is 43.6 Å². The van der Waals surface area contributed by atoms with Crippen molar-refractivity contribution in [3.8, 4) is 11.5 Å². The van der Waals surface area contributed by atoms with E-state index in [0.717, 1.165) is 18.7 Å². The molecule has 1 atom stereocenters. The molecule has 0 amide bonds. The summed E-state index contributed by atoms with van der Waals surface area (Å²) in [6.07, 6.45) is 4.61. The third-order valence-corrected chi connectivity index (χ3v) is 3.92. The van der Waals surface area contributed by atoms with Crippen LogP contribution < -0.4 is 9.47 Å². The van der Waals surface area contributed by atoms with Gasteiger partial charge in [-0.2, -0.15) is 0 Å². The molecule has 1 aromatic carbocycles. The van der Waals surface area contributed by atoms with E-state index in [0.29, 0.717) is 18.0 Å². The SMILES string of the molecule is COc1ccc(C(O)CN2CCCCCC2)cc1OC. The van der Waals surface area contributed by atoms with Crippen molar-refractivity contribution in [3.05, 3.63) is 23.8 Å². The Morgan fingerprint density at radius 3 is 2.30 bits per heavy atom. The van der Waals surface area contributed by atoms with Crippen molar-refractivity contribution < 1.29 is 14.6 Å². The van der Waals surface area contributed by atoms with E-state index in [4.69, 9.17) is 9.47 Å². The molecule has 1 saturated heterocycles. The minimum absolute atomic E-state index is 0.479. The summed E-state index contributed by atoms with van der Waals surface area (Å²) in [6.45, 7) is 2.87. The summed E-state index contributed by atoms with van der Waals surface area (Å²) >= 11 is 0. The van der Waals surface area contributed by atoms with Gasteiger partial charge in [-0.15, -0.1) is 0 Å². The molecule has 1 N–H and O–H groups in total. The lowest BCUT2D eigenvalue weighted by Gasteiger charge is -2.23. The number of rotatable bonds is 5. The highest BCUT2D eigenvalue weighted by Crippen LogP contribution is 2.30. The fourth-order valence-corrected chi connectivity index (χ4v) is 2.73. The molecular formula is C16H25NO3. The van der Waals surface area contributed by atoms with Crippen molar-refractivity contribution in [1.29, 1.82) is 0 Å². The molecule has 4 heteroatoms. The van der Waals surface area contributed by atoms with Gasteiger partial charge < -0.3 is 19.5 Å². The highest BCUT2D eigenvalue weighted by Gasteiger charge is 2.16. The lowest BCUT2D eigenvalue weighted by atomic mass is 10.1. The lowest BCUT2D eigenvalue weighted by molar-refractivity contribution is 0.115. The van der Waals surface area contributed by atoms with Crippen LogP contribution in [-0.4, -0.2) is 43.9 Å². The molecule has 0 bridgehead atoms. The van der Waals surface area contributed by atoms with Gasteiger partial charge in [0, 0.05) is 6.54 Å². The van der Waals surface area contributed by atoms with E-state index in [1.807, 2.05) is 18.2 Å². The van der Waals surface area contributed by atoms with Crippen molar-refractivity contribution >= 4 is 0 Å². The quantitative estimate of drug-likeness (QED) is 0.899. The second kappa shape index (κ2) is 7.50. The summed E-state index contributed by atoms with van der Waals surface area (Å²) < 4.78 is 10.5. The van der Waals surface area contributed by atoms with Crippen LogP contribution in [0.1, 0.15) is 37.4 Å². The van der Waals surface area contributed by atoms with Gasteiger partial charge in [0.05, 0.1) is 20.3 Å². The van der Waals surface area contributed by atoms with Gasteiger partial charge in [-0.25, -0.2) is 0 Å². The van der Waals surface area contributed by atoms with E-state index in [9.17, 15) is 5.11 Å². The Morgan fingerprint density at radius 2 is 1.70 bits per heavy atom. The first kappa shape index (κ1) is 15.1. The largest absolute Gasteiger partial charge is 0.493 e. The van der Waals surface area contributed by atoms with Gasteiger partial charge in [0.1, 0.15) is 0 Å². The number of ether oxygens (including phenoxy) is 2. The minimum atomic E-state index is -0.479. The molecule has 1 aliphatic heterocycles. The topological polar surface area (TPSA) is 41.9 Å². The third-order valence-electron chi connectivity index (χ3n) is 3.92. The highest BCUT2D eigenvalue weighted by molar-refractivity contribution is 5.43. The zero-order valence-corrected chi connectivity index (χ0v) is 12.5. The summed E-state index contributed by atoms with van der Waals surface area (Å²) in [4.78, 5) is 2.36. The van der Waals surface area contributed by atoms with Crippen LogP contribution in [-0.2, 0) is 0 Å². The number of likely N-dealkylation sites (tertiary alicyclic amines) is 1. The fourth-order valence-electron chi connectivity index (χ4n) is 2.73. The van der Waals surface area contributed by atoms with E-state index < -0.39 is 6.10 Å². The Balaban J connectivity index is 2.02. The first-order valence-electron chi connectivity index (χ1n) is 7.37. The van der Waals surface area contributed by atoms with Crippen molar-refractivity contribution in [2.75, 3.05) is 33.9 Å². The Morgan fingerprint density at radius 1 is 1.05 bits per heavy atom. The maximum absolute atomic E-state index is 10.4. The van der Waals surface area contributed by atoms with Crippen LogP contribution in [0.5, 0.6) is 11.5 Å². The predicted octanol–water partition coefficient (Wildman–Crippen LogP) is 2.61. The van der Waals surface area contributed by atoms with Crippen LogP contribution in [0.3, 0.4) is 0 Å². The molecule has 2 rings (SSSR count). The van der Waals surface area contributed by atoms with Crippen molar-refractivity contribution in [3.63, 3.8) is 0 Å². The number of nitrogens with zero attached hydrogens (tertiary/aromatic N) is 1. The third kappa shape index (κ3) is 3.87. The Kier molecular flexibility index (Phi) is 5.68. The van der Waals surface area contributed by atoms with Crippen LogP contribution in [0.2, 0.25) is 0 Å². The fraction of sp³-hybridized carbons (Fsp3) is 0.625. The minimum Gasteiger partial charge on any atom is -0.493 e. The molecule has 1 unspecified atom stereocenters. The number of β-amino-alcohol motifs (C(OH)–C–C–N with tert-alkyl or cyclic N) is 1. The van der Waals surface area contributed by atoms with Crippen molar-refractivity contribution in [2.24, 2.45) is 0 Å². The van der Waals surface area contributed by atoms with Gasteiger partial charge in [0.15, 0.2) is 11.5 Å². The summed E-state index contributed by atoms with van der Waals surface area (Å²) in [7, 11) is 3.23. The summed E-state index contributed by atoms with van der Waals surface area (Å²) in [5.41, 5.74) is 0.881. The number of aliphatic hydroxyl groups excluding tert-OH is 1. The van der Waals surface area contributed by atoms with E-state index in [2.05, 4.69) is 4.90 Å². The molecule has 1 aromatic rings. The van der Waals surface area contributed by atoms with Crippen LogP contribution >= 0.6 is 0 Å². The molecule has 20 heavy (non-hydrogen) atoms. The first-order chi connectivity index (χ1) is 9.74. The molecule has 4 nitrogen and oxygen atoms in total. The van der Waals surface area contributed by atoms with E-state index in [1.165, 1.54) is 25.7 Å². The smallest absolute Gasteiger partial charge is 0.161 e. The van der Waals surface area contributed by atoms with Crippen molar-refractivity contribution in [2.45, 2.75) is 31.8 Å². The maximum atomic E-state index is 10.4. The molecular weight excluding hydrogens is 254 g/mol. The maximum Gasteiger partial charge on any atom is 0.161 e. The van der Waals surface area contributed by atoms with Gasteiger partial charge in [-0.1, -0.05) is 18.9 Å². The summed E-state index contributed by atoms with van der Waals surface area (Å²) in [6, 6.07) is 5.62. The molecule has 0 saturated carbocycles. The molecule has 1 fully saturated rings. The molecule has 112 valence electrons. The van der Waals surface area contributed by atoms with Gasteiger partial charge in [0.2, 0.25) is 0 Å². The second-order valence-corrected chi connectivity index (χ2v) is 5.35. The molecule has 1 aliphatic rings. The van der Waals surface area contributed by atoms with Crippen molar-refractivity contribution in [1.82, 2.24) is 4.90 Å². The monoisotopic (exact) mass is 279 g/mol. The van der Waals surface area contributed by atoms with E-state index in [-0.39, 0.29) is 0 Å². The zero-order chi connectivity index (χ0) is 14.4.